The molecule has 0 fully saturated rings. The third-order valence-corrected chi connectivity index (χ3v) is 3.44. The summed E-state index contributed by atoms with van der Waals surface area (Å²) in [5, 5.41) is 14.5. The van der Waals surface area contributed by atoms with Gasteiger partial charge >= 0.3 is 0 Å². The van der Waals surface area contributed by atoms with Crippen LogP contribution >= 0.6 is 11.6 Å². The van der Waals surface area contributed by atoms with Gasteiger partial charge in [0.05, 0.1) is 12.6 Å². The molecule has 1 aromatic heterocycles. The number of nitriles is 1. The first-order valence-corrected chi connectivity index (χ1v) is 6.58. The lowest BCUT2D eigenvalue weighted by Crippen LogP contribution is -2.30. The Morgan fingerprint density at radius 3 is 2.63 bits per heavy atom. The Balaban J connectivity index is 2.38. The third kappa shape index (κ3) is 2.94. The zero-order valence-corrected chi connectivity index (χ0v) is 11.5. The number of hydrogen-bond donors (Lipinski definition) is 0. The van der Waals surface area contributed by atoms with E-state index in [4.69, 9.17) is 11.6 Å². The van der Waals surface area contributed by atoms with Crippen molar-refractivity contribution in [2.24, 2.45) is 0 Å². The molecule has 0 spiro atoms. The van der Waals surface area contributed by atoms with E-state index in [1.807, 2.05) is 24.3 Å². The lowest BCUT2D eigenvalue weighted by Gasteiger charge is -2.26. The van der Waals surface area contributed by atoms with Crippen LogP contribution in [0.15, 0.2) is 36.9 Å². The van der Waals surface area contributed by atoms with Gasteiger partial charge in [-0.15, -0.1) is 0 Å². The second-order valence-corrected chi connectivity index (χ2v) is 4.98. The van der Waals surface area contributed by atoms with Gasteiger partial charge in [-0.2, -0.15) is 10.4 Å². The van der Waals surface area contributed by atoms with Gasteiger partial charge in [-0.25, -0.2) is 4.98 Å². The van der Waals surface area contributed by atoms with Gasteiger partial charge in [0, 0.05) is 5.02 Å². The van der Waals surface area contributed by atoms with Crippen molar-refractivity contribution in [1.29, 1.82) is 5.26 Å². The van der Waals surface area contributed by atoms with E-state index in [2.05, 4.69) is 23.1 Å². The smallest absolute Gasteiger partial charge is 0.137 e. The molecular weight excluding hydrogens is 260 g/mol. The first-order chi connectivity index (χ1) is 9.20. The van der Waals surface area contributed by atoms with Gasteiger partial charge in [0.2, 0.25) is 0 Å². The molecule has 98 valence electrons. The summed E-state index contributed by atoms with van der Waals surface area (Å²) in [6, 6.07) is 9.93. The van der Waals surface area contributed by atoms with Crippen LogP contribution in [0.1, 0.15) is 25.3 Å². The fourth-order valence-electron chi connectivity index (χ4n) is 2.26. The summed E-state index contributed by atoms with van der Waals surface area (Å²) in [6.45, 7) is 2.57. The molecule has 0 bridgehead atoms. The van der Waals surface area contributed by atoms with Crippen LogP contribution in [0.2, 0.25) is 5.02 Å². The van der Waals surface area contributed by atoms with E-state index >= 15 is 0 Å². The molecule has 0 amide bonds. The Labute approximate surface area is 117 Å². The molecule has 5 heteroatoms. The van der Waals surface area contributed by atoms with Crippen molar-refractivity contribution in [2.45, 2.75) is 31.7 Å². The molecule has 0 saturated carbocycles. The van der Waals surface area contributed by atoms with Crippen molar-refractivity contribution in [3.05, 3.63) is 47.5 Å². The highest BCUT2D eigenvalue weighted by molar-refractivity contribution is 6.30. The van der Waals surface area contributed by atoms with Gasteiger partial charge in [0.1, 0.15) is 18.1 Å². The lowest BCUT2D eigenvalue weighted by molar-refractivity contribution is 0.398. The van der Waals surface area contributed by atoms with E-state index in [9.17, 15) is 5.26 Å². The molecule has 1 heterocycles. The van der Waals surface area contributed by atoms with Crippen molar-refractivity contribution in [3.63, 3.8) is 0 Å². The Morgan fingerprint density at radius 2 is 2.11 bits per heavy atom. The molecule has 0 saturated heterocycles. The highest BCUT2D eigenvalue weighted by Gasteiger charge is 2.32. The quantitative estimate of drug-likeness (QED) is 0.841. The van der Waals surface area contributed by atoms with E-state index < -0.39 is 5.41 Å². The normalized spacial score (nSPS) is 13.7. The summed E-state index contributed by atoms with van der Waals surface area (Å²) in [5.41, 5.74) is 0.379. The predicted molar refractivity (Wildman–Crippen MR) is 73.7 cm³/mol. The molecule has 4 nitrogen and oxygen atoms in total. The Morgan fingerprint density at radius 1 is 1.37 bits per heavy atom. The van der Waals surface area contributed by atoms with Gasteiger partial charge in [-0.05, 0) is 24.1 Å². The van der Waals surface area contributed by atoms with E-state index in [0.29, 0.717) is 11.6 Å². The molecule has 0 aliphatic heterocycles. The largest absolute Gasteiger partial charge is 0.251 e. The van der Waals surface area contributed by atoms with Crippen molar-refractivity contribution in [1.82, 2.24) is 14.8 Å². The second-order valence-electron chi connectivity index (χ2n) is 4.54. The van der Waals surface area contributed by atoms with Gasteiger partial charge in [0.25, 0.3) is 0 Å². The summed E-state index contributed by atoms with van der Waals surface area (Å²) in [7, 11) is 0. The minimum Gasteiger partial charge on any atom is -0.251 e. The number of hydrogen-bond acceptors (Lipinski definition) is 3. The van der Waals surface area contributed by atoms with E-state index in [1.165, 1.54) is 6.33 Å². The summed E-state index contributed by atoms with van der Waals surface area (Å²) in [4.78, 5) is 3.93. The number of rotatable bonds is 5. The summed E-state index contributed by atoms with van der Waals surface area (Å²) in [5.74, 6) is 0. The van der Waals surface area contributed by atoms with Crippen LogP contribution in [0.3, 0.4) is 0 Å². The number of nitrogens with zero attached hydrogens (tertiary/aromatic N) is 4. The second kappa shape index (κ2) is 5.85. The standard InChI is InChI=1S/C14H15ClN4/c1-2-7-14(8-16,9-19-11-17-10-18-19)12-3-5-13(15)6-4-12/h3-6,10-11H,2,7,9H2,1H3/t14-/m0/s1. The SMILES string of the molecule is CCC[C@](C#N)(Cn1cncn1)c1ccc(Cl)cc1. The maximum Gasteiger partial charge on any atom is 0.137 e. The molecule has 0 radical (unpaired) electrons. The summed E-state index contributed by atoms with van der Waals surface area (Å²) < 4.78 is 1.70. The highest BCUT2D eigenvalue weighted by Crippen LogP contribution is 2.31. The molecule has 0 aliphatic carbocycles. The molecule has 19 heavy (non-hydrogen) atoms. The van der Waals surface area contributed by atoms with Crippen LogP contribution < -0.4 is 0 Å². The monoisotopic (exact) mass is 274 g/mol. The first-order valence-electron chi connectivity index (χ1n) is 6.20. The van der Waals surface area contributed by atoms with E-state index in [0.717, 1.165) is 18.4 Å². The average Bonchev–Trinajstić information content (AvgIpc) is 2.92. The minimum atomic E-state index is -0.590. The van der Waals surface area contributed by atoms with Crippen molar-refractivity contribution in [2.75, 3.05) is 0 Å². The van der Waals surface area contributed by atoms with Gasteiger partial charge < -0.3 is 0 Å². The van der Waals surface area contributed by atoms with Gasteiger partial charge in [0.15, 0.2) is 0 Å². The van der Waals surface area contributed by atoms with Crippen molar-refractivity contribution < 1.29 is 0 Å². The van der Waals surface area contributed by atoms with E-state index in [-0.39, 0.29) is 0 Å². The van der Waals surface area contributed by atoms with Crippen LogP contribution in [-0.2, 0) is 12.0 Å². The fourth-order valence-corrected chi connectivity index (χ4v) is 2.38. The zero-order valence-electron chi connectivity index (χ0n) is 10.8. The first kappa shape index (κ1) is 13.6. The molecule has 0 N–H and O–H groups in total. The minimum absolute atomic E-state index is 0.499. The summed E-state index contributed by atoms with van der Waals surface area (Å²) >= 11 is 5.91. The molecule has 0 aliphatic rings. The molecule has 1 atom stereocenters. The lowest BCUT2D eigenvalue weighted by atomic mass is 9.78. The Bertz CT molecular complexity index is 556. The van der Waals surface area contributed by atoms with Gasteiger partial charge in [-0.1, -0.05) is 37.1 Å². The molecule has 2 aromatic rings. The Kier molecular flexibility index (Phi) is 4.18. The highest BCUT2D eigenvalue weighted by atomic mass is 35.5. The summed E-state index contributed by atoms with van der Waals surface area (Å²) in [6.07, 6.45) is 4.81. The van der Waals surface area contributed by atoms with Crippen LogP contribution in [0.5, 0.6) is 0 Å². The van der Waals surface area contributed by atoms with Crippen molar-refractivity contribution in [3.8, 4) is 6.07 Å². The average molecular weight is 275 g/mol. The Hall–Kier alpha value is -1.86. The van der Waals surface area contributed by atoms with Crippen LogP contribution in [0.4, 0.5) is 0 Å². The van der Waals surface area contributed by atoms with Crippen LogP contribution in [-0.4, -0.2) is 14.8 Å². The van der Waals surface area contributed by atoms with E-state index in [1.54, 1.807) is 11.0 Å². The molecular formula is C14H15ClN4. The number of aromatic nitrogens is 3. The number of benzene rings is 1. The molecule has 0 unspecified atom stereocenters. The topological polar surface area (TPSA) is 54.5 Å². The number of halogens is 1. The molecule has 1 aromatic carbocycles. The fraction of sp³-hybridized carbons (Fsp3) is 0.357. The maximum absolute atomic E-state index is 9.68. The maximum atomic E-state index is 9.68. The van der Waals surface area contributed by atoms with Crippen LogP contribution in [0, 0.1) is 11.3 Å². The third-order valence-electron chi connectivity index (χ3n) is 3.19. The van der Waals surface area contributed by atoms with Crippen LogP contribution in [0.25, 0.3) is 0 Å². The predicted octanol–water partition coefficient (Wildman–Crippen LogP) is 3.19. The van der Waals surface area contributed by atoms with Gasteiger partial charge in [-0.3, -0.25) is 4.68 Å². The van der Waals surface area contributed by atoms with Crippen molar-refractivity contribution >= 4 is 11.6 Å². The zero-order chi connectivity index (χ0) is 13.7. The molecule has 2 rings (SSSR count).